The number of ether oxygens (including phenoxy) is 1. The molecule has 0 bridgehead atoms. The summed E-state index contributed by atoms with van der Waals surface area (Å²) in [6.45, 7) is 8.94. The standard InChI is InChI=1S/C20H28N2O4/c1-6-16-12-14(2)11-15(3)17(16)13-18(23)21-20(19(24)25-4)7-9-22(26-5)10-8-20/h6,11-12H,1,7-10,13H2,2-5H3,(H,21,23). The molecule has 1 fully saturated rings. The lowest BCUT2D eigenvalue weighted by Crippen LogP contribution is -2.60. The van der Waals surface area contributed by atoms with Gasteiger partial charge in [0, 0.05) is 13.1 Å². The van der Waals surface area contributed by atoms with Crippen molar-refractivity contribution in [3.63, 3.8) is 0 Å². The van der Waals surface area contributed by atoms with Crippen LogP contribution in [0.1, 0.15) is 35.1 Å². The number of carbonyl (C=O) groups excluding carboxylic acids is 2. The topological polar surface area (TPSA) is 67.9 Å². The zero-order chi connectivity index (χ0) is 19.3. The third-order valence-electron chi connectivity index (χ3n) is 5.00. The van der Waals surface area contributed by atoms with E-state index < -0.39 is 11.5 Å². The Hall–Kier alpha value is -2.18. The molecule has 0 saturated carbocycles. The van der Waals surface area contributed by atoms with Gasteiger partial charge in [-0.3, -0.25) is 4.79 Å². The van der Waals surface area contributed by atoms with Crippen LogP contribution in [-0.2, 0) is 25.6 Å². The molecule has 1 heterocycles. The molecule has 0 atom stereocenters. The van der Waals surface area contributed by atoms with Gasteiger partial charge in [-0.15, -0.1) is 0 Å². The summed E-state index contributed by atoms with van der Waals surface area (Å²) in [4.78, 5) is 30.4. The third-order valence-corrected chi connectivity index (χ3v) is 5.00. The van der Waals surface area contributed by atoms with Gasteiger partial charge in [-0.05, 0) is 43.4 Å². The highest BCUT2D eigenvalue weighted by molar-refractivity contribution is 5.89. The van der Waals surface area contributed by atoms with E-state index in [1.54, 1.807) is 18.2 Å². The number of hydroxylamine groups is 2. The molecular formula is C20H28N2O4. The fraction of sp³-hybridized carbons (Fsp3) is 0.500. The van der Waals surface area contributed by atoms with E-state index in [0.29, 0.717) is 25.9 Å². The van der Waals surface area contributed by atoms with Crippen molar-refractivity contribution in [2.24, 2.45) is 0 Å². The second kappa shape index (κ2) is 8.47. The number of carbonyl (C=O) groups is 2. The molecule has 0 unspecified atom stereocenters. The molecular weight excluding hydrogens is 332 g/mol. The number of piperidine rings is 1. The summed E-state index contributed by atoms with van der Waals surface area (Å²) < 4.78 is 4.97. The van der Waals surface area contributed by atoms with Gasteiger partial charge in [-0.1, -0.05) is 30.4 Å². The molecule has 2 rings (SSSR count). The first-order chi connectivity index (χ1) is 12.3. The average molecular weight is 360 g/mol. The Morgan fingerprint density at radius 3 is 2.46 bits per heavy atom. The Kier molecular flexibility index (Phi) is 6.56. The zero-order valence-corrected chi connectivity index (χ0v) is 16.1. The quantitative estimate of drug-likeness (QED) is 0.788. The van der Waals surface area contributed by atoms with Crippen LogP contribution >= 0.6 is 0 Å². The van der Waals surface area contributed by atoms with Gasteiger partial charge in [0.2, 0.25) is 5.91 Å². The summed E-state index contributed by atoms with van der Waals surface area (Å²) in [5, 5.41) is 4.71. The Labute approximate surface area is 155 Å². The molecule has 142 valence electrons. The number of rotatable bonds is 6. The maximum absolute atomic E-state index is 12.8. The van der Waals surface area contributed by atoms with E-state index in [1.807, 2.05) is 26.0 Å². The Morgan fingerprint density at radius 1 is 1.27 bits per heavy atom. The van der Waals surface area contributed by atoms with Crippen molar-refractivity contribution in [3.05, 3.63) is 41.0 Å². The Bertz CT molecular complexity index is 691. The van der Waals surface area contributed by atoms with Crippen molar-refractivity contribution in [2.45, 2.75) is 38.6 Å². The van der Waals surface area contributed by atoms with Crippen LogP contribution < -0.4 is 5.32 Å². The molecule has 1 aliphatic rings. The first-order valence-electron chi connectivity index (χ1n) is 8.76. The molecule has 0 aliphatic carbocycles. The lowest BCUT2D eigenvalue weighted by Gasteiger charge is -2.39. The normalized spacial score (nSPS) is 16.8. The minimum Gasteiger partial charge on any atom is -0.467 e. The van der Waals surface area contributed by atoms with E-state index in [0.717, 1.165) is 22.3 Å². The summed E-state index contributed by atoms with van der Waals surface area (Å²) in [6, 6.07) is 4.05. The summed E-state index contributed by atoms with van der Waals surface area (Å²) >= 11 is 0. The SMILES string of the molecule is C=Cc1cc(C)cc(C)c1CC(=O)NC1(C(=O)OC)CCN(OC)CC1. The summed E-state index contributed by atoms with van der Waals surface area (Å²) in [6.07, 6.45) is 2.84. The predicted octanol–water partition coefficient (Wildman–Crippen LogP) is 2.17. The first kappa shape index (κ1) is 20.1. The van der Waals surface area contributed by atoms with Gasteiger partial charge >= 0.3 is 5.97 Å². The second-order valence-corrected chi connectivity index (χ2v) is 6.76. The Morgan fingerprint density at radius 2 is 1.92 bits per heavy atom. The highest BCUT2D eigenvalue weighted by Crippen LogP contribution is 2.25. The first-order valence-corrected chi connectivity index (χ1v) is 8.76. The van der Waals surface area contributed by atoms with Crippen molar-refractivity contribution in [1.82, 2.24) is 10.4 Å². The molecule has 0 radical (unpaired) electrons. The monoisotopic (exact) mass is 360 g/mol. The van der Waals surface area contributed by atoms with Crippen LogP contribution in [0.3, 0.4) is 0 Å². The Balaban J connectivity index is 2.19. The fourth-order valence-corrected chi connectivity index (χ4v) is 3.55. The molecule has 1 aliphatic heterocycles. The van der Waals surface area contributed by atoms with Gasteiger partial charge < -0.3 is 14.9 Å². The molecule has 6 heteroatoms. The molecule has 1 aromatic rings. The summed E-state index contributed by atoms with van der Waals surface area (Å²) in [5.41, 5.74) is 3.03. The number of methoxy groups -OCH3 is 1. The number of amides is 1. The lowest BCUT2D eigenvalue weighted by atomic mass is 9.87. The second-order valence-electron chi connectivity index (χ2n) is 6.76. The van der Waals surface area contributed by atoms with E-state index >= 15 is 0 Å². The van der Waals surface area contributed by atoms with Crippen molar-refractivity contribution in [2.75, 3.05) is 27.3 Å². The van der Waals surface area contributed by atoms with Crippen LogP contribution in [0.4, 0.5) is 0 Å². The number of nitrogens with one attached hydrogen (secondary N) is 1. The van der Waals surface area contributed by atoms with Crippen LogP contribution in [-0.4, -0.2) is 49.8 Å². The maximum atomic E-state index is 12.8. The molecule has 1 saturated heterocycles. The highest BCUT2D eigenvalue weighted by Gasteiger charge is 2.44. The van der Waals surface area contributed by atoms with Gasteiger partial charge in [-0.2, -0.15) is 5.06 Å². The smallest absolute Gasteiger partial charge is 0.331 e. The van der Waals surface area contributed by atoms with Crippen LogP contribution in [0.25, 0.3) is 6.08 Å². The molecule has 0 aromatic heterocycles. The van der Waals surface area contributed by atoms with Crippen LogP contribution in [0, 0.1) is 13.8 Å². The molecule has 1 aromatic carbocycles. The van der Waals surface area contributed by atoms with Gasteiger partial charge in [0.25, 0.3) is 0 Å². The van der Waals surface area contributed by atoms with Crippen molar-refractivity contribution < 1.29 is 19.2 Å². The average Bonchev–Trinajstić information content (AvgIpc) is 2.63. The van der Waals surface area contributed by atoms with Gasteiger partial charge in [-0.25, -0.2) is 4.79 Å². The van der Waals surface area contributed by atoms with Crippen LogP contribution in [0.2, 0.25) is 0 Å². The highest BCUT2D eigenvalue weighted by atomic mass is 16.7. The van der Waals surface area contributed by atoms with Crippen molar-refractivity contribution in [1.29, 1.82) is 0 Å². The van der Waals surface area contributed by atoms with Crippen LogP contribution in [0.5, 0.6) is 0 Å². The number of hydrogen-bond donors (Lipinski definition) is 1. The third kappa shape index (κ3) is 4.31. The van der Waals surface area contributed by atoms with Gasteiger partial charge in [0.1, 0.15) is 5.54 Å². The predicted molar refractivity (Wildman–Crippen MR) is 100 cm³/mol. The number of benzene rings is 1. The fourth-order valence-electron chi connectivity index (χ4n) is 3.55. The minimum absolute atomic E-state index is 0.195. The van der Waals surface area contributed by atoms with Crippen molar-refractivity contribution >= 4 is 18.0 Å². The summed E-state index contributed by atoms with van der Waals surface area (Å²) in [7, 11) is 2.94. The molecule has 0 spiro atoms. The molecule has 26 heavy (non-hydrogen) atoms. The number of esters is 1. The summed E-state index contributed by atoms with van der Waals surface area (Å²) in [5.74, 6) is -0.609. The number of hydrogen-bond acceptors (Lipinski definition) is 5. The largest absolute Gasteiger partial charge is 0.467 e. The molecule has 1 N–H and O–H groups in total. The lowest BCUT2D eigenvalue weighted by molar-refractivity contribution is -0.171. The number of nitrogens with zero attached hydrogens (tertiary/aromatic N) is 1. The molecule has 6 nitrogen and oxygen atoms in total. The van der Waals surface area contributed by atoms with Crippen molar-refractivity contribution in [3.8, 4) is 0 Å². The van der Waals surface area contributed by atoms with Gasteiger partial charge in [0.15, 0.2) is 0 Å². The van der Waals surface area contributed by atoms with Crippen LogP contribution in [0.15, 0.2) is 18.7 Å². The van der Waals surface area contributed by atoms with E-state index in [9.17, 15) is 9.59 Å². The zero-order valence-electron chi connectivity index (χ0n) is 16.1. The van der Waals surface area contributed by atoms with E-state index in [2.05, 4.69) is 11.9 Å². The number of aryl methyl sites for hydroxylation is 2. The molecule has 1 amide bonds. The van der Waals surface area contributed by atoms with E-state index in [4.69, 9.17) is 9.57 Å². The van der Waals surface area contributed by atoms with E-state index in [-0.39, 0.29) is 12.3 Å². The minimum atomic E-state index is -1.01. The maximum Gasteiger partial charge on any atom is 0.331 e. The van der Waals surface area contributed by atoms with E-state index in [1.165, 1.54) is 7.11 Å². The van der Waals surface area contributed by atoms with Gasteiger partial charge in [0.05, 0.1) is 20.6 Å².